The average Bonchev–Trinajstić information content (AvgIpc) is 2.32. The van der Waals surface area contributed by atoms with Gasteiger partial charge in [-0.15, -0.1) is 0 Å². The number of phosphoric acid groups is 1. The van der Waals surface area contributed by atoms with E-state index >= 15 is 0 Å². The SMILES string of the molecule is CCCCCCCCCCCCC1CCC1.O=P(O)(O)O.[H-].[H-].[Na+].[Na+]. The van der Waals surface area contributed by atoms with Crippen molar-refractivity contribution < 1.29 is 81.2 Å². The van der Waals surface area contributed by atoms with Crippen molar-refractivity contribution in [1.29, 1.82) is 0 Å². The monoisotopic (exact) mass is 370 g/mol. The minimum absolute atomic E-state index is 0. The van der Waals surface area contributed by atoms with E-state index in [1.54, 1.807) is 0 Å². The smallest absolute Gasteiger partial charge is 1.00 e. The molecule has 1 aliphatic rings. The maximum absolute atomic E-state index is 8.88. The van der Waals surface area contributed by atoms with E-state index in [1.807, 2.05) is 0 Å². The van der Waals surface area contributed by atoms with Crippen molar-refractivity contribution in [2.45, 2.75) is 96.8 Å². The van der Waals surface area contributed by atoms with Crippen molar-refractivity contribution in [3.8, 4) is 0 Å². The Kier molecular flexibility index (Phi) is 26.5. The van der Waals surface area contributed by atoms with Gasteiger partial charge in [0, 0.05) is 0 Å². The molecule has 0 aromatic carbocycles. The molecule has 132 valence electrons. The predicted octanol–water partition coefficient (Wildman–Crippen LogP) is -0.598. The van der Waals surface area contributed by atoms with Gasteiger partial charge < -0.3 is 17.5 Å². The van der Waals surface area contributed by atoms with Crippen LogP contribution in [0.2, 0.25) is 0 Å². The second-order valence-corrected chi connectivity index (χ2v) is 7.31. The normalized spacial score (nSPS) is 13.9. The van der Waals surface area contributed by atoms with Crippen molar-refractivity contribution in [1.82, 2.24) is 0 Å². The molecule has 0 atom stereocenters. The Morgan fingerprint density at radius 1 is 0.826 bits per heavy atom. The van der Waals surface area contributed by atoms with Gasteiger partial charge in [0.1, 0.15) is 0 Å². The van der Waals surface area contributed by atoms with Crippen molar-refractivity contribution in [3.05, 3.63) is 0 Å². The summed E-state index contributed by atoms with van der Waals surface area (Å²) in [6, 6.07) is 0. The molecule has 0 spiro atoms. The van der Waals surface area contributed by atoms with Crippen LogP contribution in [-0.2, 0) is 4.57 Å². The number of unbranched alkanes of at least 4 members (excludes halogenated alkanes) is 9. The third-order valence-electron chi connectivity index (χ3n) is 4.19. The summed E-state index contributed by atoms with van der Waals surface area (Å²) in [6.07, 6.45) is 20.9. The maximum atomic E-state index is 8.88. The zero-order chi connectivity index (χ0) is 16.0. The zero-order valence-corrected chi connectivity index (χ0v) is 20.6. The topological polar surface area (TPSA) is 77.8 Å². The van der Waals surface area contributed by atoms with Crippen molar-refractivity contribution in [2.24, 2.45) is 5.92 Å². The molecular formula is C16H37Na2O4P. The minimum atomic E-state index is -4.64. The van der Waals surface area contributed by atoms with E-state index in [0.29, 0.717) is 0 Å². The Morgan fingerprint density at radius 3 is 1.48 bits per heavy atom. The molecule has 0 radical (unpaired) electrons. The van der Waals surface area contributed by atoms with Crippen LogP contribution < -0.4 is 59.1 Å². The Balaban J connectivity index is -0.000000132. The summed E-state index contributed by atoms with van der Waals surface area (Å²) >= 11 is 0. The van der Waals surface area contributed by atoms with Gasteiger partial charge in [-0.2, -0.15) is 0 Å². The van der Waals surface area contributed by atoms with Crippen LogP contribution in [0.25, 0.3) is 0 Å². The van der Waals surface area contributed by atoms with E-state index in [9.17, 15) is 0 Å². The number of rotatable bonds is 11. The van der Waals surface area contributed by atoms with Gasteiger partial charge in [0.2, 0.25) is 0 Å². The molecule has 0 heterocycles. The van der Waals surface area contributed by atoms with Crippen LogP contribution in [0, 0.1) is 5.92 Å². The standard InChI is InChI=1S/C16H32.2Na.H3O4P.2H/c1-2-3-4-5-6-7-8-9-10-11-13-16-14-12-15-16;;;1-5(2,3)4;;/h16H,2-15H2,1H3;;;(H3,1,2,3,4);;/q;2*+1;;2*-1. The molecule has 0 aliphatic heterocycles. The minimum Gasteiger partial charge on any atom is -1.00 e. The summed E-state index contributed by atoms with van der Waals surface area (Å²) in [5.74, 6) is 1.13. The molecule has 1 aliphatic carbocycles. The molecule has 0 aromatic rings. The van der Waals surface area contributed by atoms with Gasteiger partial charge in [-0.3, -0.25) is 0 Å². The van der Waals surface area contributed by atoms with Crippen LogP contribution in [0.15, 0.2) is 0 Å². The van der Waals surface area contributed by atoms with E-state index in [4.69, 9.17) is 19.2 Å². The molecule has 0 bridgehead atoms. The molecule has 4 nitrogen and oxygen atoms in total. The molecule has 1 fully saturated rings. The fraction of sp³-hybridized carbons (Fsp3) is 1.00. The zero-order valence-electron chi connectivity index (χ0n) is 17.7. The van der Waals surface area contributed by atoms with E-state index in [-0.39, 0.29) is 62.0 Å². The third-order valence-corrected chi connectivity index (χ3v) is 4.19. The first kappa shape index (κ1) is 29.9. The molecule has 0 amide bonds. The Hall–Kier alpha value is 2.11. The number of hydrogen-bond donors (Lipinski definition) is 3. The van der Waals surface area contributed by atoms with E-state index in [0.717, 1.165) is 5.92 Å². The van der Waals surface area contributed by atoms with Crippen molar-refractivity contribution in [2.75, 3.05) is 0 Å². The van der Waals surface area contributed by atoms with Crippen molar-refractivity contribution >= 4 is 7.82 Å². The van der Waals surface area contributed by atoms with Crippen LogP contribution >= 0.6 is 7.82 Å². The fourth-order valence-electron chi connectivity index (χ4n) is 2.70. The van der Waals surface area contributed by atoms with Crippen molar-refractivity contribution in [3.63, 3.8) is 0 Å². The maximum Gasteiger partial charge on any atom is 1.00 e. The average molecular weight is 370 g/mol. The molecule has 1 saturated carbocycles. The van der Waals surface area contributed by atoms with Gasteiger partial charge in [0.15, 0.2) is 0 Å². The first-order chi connectivity index (χ1) is 9.93. The fourth-order valence-corrected chi connectivity index (χ4v) is 2.70. The molecule has 7 heteroatoms. The second kappa shape index (κ2) is 20.4. The Labute approximate surface area is 190 Å². The van der Waals surface area contributed by atoms with Gasteiger partial charge in [0.05, 0.1) is 0 Å². The molecule has 0 saturated heterocycles. The summed E-state index contributed by atoms with van der Waals surface area (Å²) in [7, 11) is -4.64. The summed E-state index contributed by atoms with van der Waals surface area (Å²) in [6.45, 7) is 2.29. The summed E-state index contributed by atoms with van der Waals surface area (Å²) in [5.41, 5.74) is 0. The van der Waals surface area contributed by atoms with Gasteiger partial charge in [-0.1, -0.05) is 96.8 Å². The first-order valence-corrected chi connectivity index (χ1v) is 10.3. The summed E-state index contributed by atoms with van der Waals surface area (Å²) in [4.78, 5) is 21.6. The van der Waals surface area contributed by atoms with Crippen LogP contribution in [-0.4, -0.2) is 14.7 Å². The van der Waals surface area contributed by atoms with Crippen LogP contribution in [0.3, 0.4) is 0 Å². The van der Waals surface area contributed by atoms with E-state index < -0.39 is 7.82 Å². The Bertz CT molecular complexity index is 273. The third kappa shape index (κ3) is 29.1. The number of hydrogen-bond acceptors (Lipinski definition) is 1. The van der Waals surface area contributed by atoms with Gasteiger partial charge >= 0.3 is 66.9 Å². The molecule has 23 heavy (non-hydrogen) atoms. The largest absolute Gasteiger partial charge is 1.00 e. The first-order valence-electron chi connectivity index (χ1n) is 8.71. The van der Waals surface area contributed by atoms with Gasteiger partial charge in [0.25, 0.3) is 0 Å². The molecule has 3 N–H and O–H groups in total. The van der Waals surface area contributed by atoms with Gasteiger partial charge in [-0.05, 0) is 5.92 Å². The molecule has 0 aromatic heterocycles. The second-order valence-electron chi connectivity index (χ2n) is 6.28. The van der Waals surface area contributed by atoms with Crippen LogP contribution in [0.1, 0.15) is 99.7 Å². The molecular weight excluding hydrogens is 333 g/mol. The molecule has 0 unspecified atom stereocenters. The summed E-state index contributed by atoms with van der Waals surface area (Å²) < 4.78 is 8.88. The predicted molar refractivity (Wildman–Crippen MR) is 90.3 cm³/mol. The van der Waals surface area contributed by atoms with Gasteiger partial charge in [-0.25, -0.2) is 4.57 Å². The Morgan fingerprint density at radius 2 is 1.17 bits per heavy atom. The summed E-state index contributed by atoms with van der Waals surface area (Å²) in [5, 5.41) is 0. The van der Waals surface area contributed by atoms with E-state index in [2.05, 4.69) is 6.92 Å². The van der Waals surface area contributed by atoms with E-state index in [1.165, 1.54) is 89.9 Å². The van der Waals surface area contributed by atoms with Crippen LogP contribution in [0.5, 0.6) is 0 Å². The van der Waals surface area contributed by atoms with Crippen LogP contribution in [0.4, 0.5) is 0 Å². The molecule has 1 rings (SSSR count). The quantitative estimate of drug-likeness (QED) is 0.258.